The van der Waals surface area contributed by atoms with Gasteiger partial charge in [-0.1, -0.05) is 6.07 Å². The van der Waals surface area contributed by atoms with Gasteiger partial charge in [-0.15, -0.1) is 0 Å². The lowest BCUT2D eigenvalue weighted by atomic mass is 9.85. The molecule has 1 heterocycles. The van der Waals surface area contributed by atoms with Crippen LogP contribution in [0.4, 0.5) is 4.79 Å². The van der Waals surface area contributed by atoms with E-state index in [1.54, 1.807) is 6.07 Å². The predicted molar refractivity (Wildman–Crippen MR) is 70.1 cm³/mol. The van der Waals surface area contributed by atoms with Crippen LogP contribution in [0.2, 0.25) is 0 Å². The number of nitrogens with one attached hydrogen (secondary N) is 2. The molecule has 104 valence electrons. The zero-order valence-electron chi connectivity index (χ0n) is 10.6. The molecule has 0 aromatic heterocycles. The fraction of sp³-hybridized carbons (Fsp3) is 0.286. The van der Waals surface area contributed by atoms with Crippen molar-refractivity contribution in [1.82, 2.24) is 10.6 Å². The Balaban J connectivity index is 2.08. The molecule has 0 fully saturated rings. The molecule has 1 unspecified atom stereocenters. The molecule has 0 saturated heterocycles. The van der Waals surface area contributed by atoms with Crippen LogP contribution in [0, 0.1) is 0 Å². The SMILES string of the molecule is O=C1NC2=C(C(=O)CCC2)C(c2ccc(O)c(O)c2)N1. The van der Waals surface area contributed by atoms with E-state index in [4.69, 9.17) is 0 Å². The maximum Gasteiger partial charge on any atom is 0.319 e. The van der Waals surface area contributed by atoms with Crippen molar-refractivity contribution in [1.29, 1.82) is 0 Å². The summed E-state index contributed by atoms with van der Waals surface area (Å²) in [6.07, 6.45) is 1.84. The Labute approximate surface area is 115 Å². The quantitative estimate of drug-likeness (QED) is 0.583. The first kappa shape index (κ1) is 12.5. The Bertz CT molecular complexity index is 636. The van der Waals surface area contributed by atoms with E-state index in [-0.39, 0.29) is 23.3 Å². The Morgan fingerprint density at radius 3 is 2.65 bits per heavy atom. The van der Waals surface area contributed by atoms with Gasteiger partial charge in [0.2, 0.25) is 0 Å². The number of Topliss-reactive ketones (excluding diaryl/α,β-unsaturated/α-hetero) is 1. The molecule has 3 rings (SSSR count). The van der Waals surface area contributed by atoms with E-state index in [0.29, 0.717) is 29.7 Å². The summed E-state index contributed by atoms with van der Waals surface area (Å²) in [4.78, 5) is 23.8. The van der Waals surface area contributed by atoms with Gasteiger partial charge in [0, 0.05) is 17.7 Å². The standard InChI is InChI=1S/C14H14N2O4/c17-9-5-4-7(6-11(9)19)13-12-8(15-14(20)16-13)2-1-3-10(12)18/h4-6,13,17,19H,1-3H2,(H2,15,16,20). The van der Waals surface area contributed by atoms with Crippen LogP contribution in [-0.2, 0) is 4.79 Å². The summed E-state index contributed by atoms with van der Waals surface area (Å²) >= 11 is 0. The fourth-order valence-electron chi connectivity index (χ4n) is 2.67. The second-order valence-corrected chi connectivity index (χ2v) is 4.95. The Kier molecular flexibility index (Phi) is 2.85. The Morgan fingerprint density at radius 1 is 1.10 bits per heavy atom. The number of ketones is 1. The zero-order chi connectivity index (χ0) is 14.3. The third kappa shape index (κ3) is 1.99. The van der Waals surface area contributed by atoms with Crippen LogP contribution in [-0.4, -0.2) is 22.0 Å². The van der Waals surface area contributed by atoms with Gasteiger partial charge in [-0.05, 0) is 30.5 Å². The largest absolute Gasteiger partial charge is 0.504 e. The van der Waals surface area contributed by atoms with Gasteiger partial charge < -0.3 is 20.8 Å². The highest BCUT2D eigenvalue weighted by atomic mass is 16.3. The average molecular weight is 274 g/mol. The maximum atomic E-state index is 12.1. The number of benzene rings is 1. The van der Waals surface area contributed by atoms with Crippen molar-refractivity contribution in [3.63, 3.8) is 0 Å². The minimum absolute atomic E-state index is 0.00341. The summed E-state index contributed by atoms with van der Waals surface area (Å²) in [5.41, 5.74) is 1.77. The lowest BCUT2D eigenvalue weighted by Gasteiger charge is -2.32. The molecule has 6 heteroatoms. The number of rotatable bonds is 1. The van der Waals surface area contributed by atoms with Crippen molar-refractivity contribution in [2.75, 3.05) is 0 Å². The molecule has 1 aliphatic heterocycles. The predicted octanol–water partition coefficient (Wildman–Crippen LogP) is 1.46. The summed E-state index contributed by atoms with van der Waals surface area (Å²) in [5.74, 6) is -0.518. The van der Waals surface area contributed by atoms with Crippen molar-refractivity contribution in [3.05, 3.63) is 35.0 Å². The normalized spacial score (nSPS) is 22.1. The molecule has 1 aromatic rings. The minimum atomic E-state index is -0.585. The molecule has 0 bridgehead atoms. The lowest BCUT2D eigenvalue weighted by molar-refractivity contribution is -0.116. The smallest absolute Gasteiger partial charge is 0.319 e. The van der Waals surface area contributed by atoms with Crippen molar-refractivity contribution in [2.45, 2.75) is 25.3 Å². The zero-order valence-corrected chi connectivity index (χ0v) is 10.6. The van der Waals surface area contributed by atoms with Gasteiger partial charge in [-0.3, -0.25) is 4.79 Å². The Hall–Kier alpha value is -2.50. The molecule has 2 aliphatic rings. The molecule has 1 aromatic carbocycles. The van der Waals surface area contributed by atoms with Crippen LogP contribution in [0.1, 0.15) is 30.9 Å². The molecule has 1 aliphatic carbocycles. The summed E-state index contributed by atoms with van der Waals surface area (Å²) in [6.45, 7) is 0. The minimum Gasteiger partial charge on any atom is -0.504 e. The number of phenols is 2. The van der Waals surface area contributed by atoms with Gasteiger partial charge in [-0.25, -0.2) is 4.79 Å². The van der Waals surface area contributed by atoms with E-state index in [1.807, 2.05) is 0 Å². The van der Waals surface area contributed by atoms with E-state index in [9.17, 15) is 19.8 Å². The van der Waals surface area contributed by atoms with Crippen molar-refractivity contribution in [2.24, 2.45) is 0 Å². The van der Waals surface area contributed by atoms with Crippen LogP contribution in [0.25, 0.3) is 0 Å². The lowest BCUT2D eigenvalue weighted by Crippen LogP contribution is -2.46. The number of aromatic hydroxyl groups is 2. The van der Waals surface area contributed by atoms with E-state index in [2.05, 4.69) is 10.6 Å². The molecular formula is C14H14N2O4. The Morgan fingerprint density at radius 2 is 1.90 bits per heavy atom. The first-order valence-corrected chi connectivity index (χ1v) is 6.42. The first-order chi connectivity index (χ1) is 9.56. The molecule has 4 N–H and O–H groups in total. The second-order valence-electron chi connectivity index (χ2n) is 4.95. The van der Waals surface area contributed by atoms with E-state index >= 15 is 0 Å². The third-order valence-corrected chi connectivity index (χ3v) is 3.62. The fourth-order valence-corrected chi connectivity index (χ4v) is 2.67. The number of carbonyl (C=O) groups is 2. The summed E-state index contributed by atoms with van der Waals surface area (Å²) in [5, 5.41) is 24.3. The average Bonchev–Trinajstić information content (AvgIpc) is 2.41. The molecule has 0 spiro atoms. The highest BCUT2D eigenvalue weighted by Crippen LogP contribution is 2.36. The van der Waals surface area contributed by atoms with Crippen LogP contribution >= 0.6 is 0 Å². The van der Waals surface area contributed by atoms with Crippen LogP contribution in [0.3, 0.4) is 0 Å². The maximum absolute atomic E-state index is 12.1. The van der Waals surface area contributed by atoms with Crippen LogP contribution in [0.5, 0.6) is 11.5 Å². The van der Waals surface area contributed by atoms with E-state index in [0.717, 1.165) is 6.42 Å². The monoisotopic (exact) mass is 274 g/mol. The summed E-state index contributed by atoms with van der Waals surface area (Å²) in [6, 6.07) is 3.33. The third-order valence-electron chi connectivity index (χ3n) is 3.62. The van der Waals surface area contributed by atoms with Gasteiger partial charge in [0.15, 0.2) is 17.3 Å². The summed E-state index contributed by atoms with van der Waals surface area (Å²) in [7, 11) is 0. The number of amides is 2. The van der Waals surface area contributed by atoms with Crippen LogP contribution in [0.15, 0.2) is 29.5 Å². The molecule has 1 atom stereocenters. The van der Waals surface area contributed by atoms with Crippen molar-refractivity contribution < 1.29 is 19.8 Å². The van der Waals surface area contributed by atoms with Gasteiger partial charge in [-0.2, -0.15) is 0 Å². The number of allylic oxidation sites excluding steroid dienone is 1. The van der Waals surface area contributed by atoms with E-state index in [1.165, 1.54) is 12.1 Å². The molecule has 0 radical (unpaired) electrons. The first-order valence-electron chi connectivity index (χ1n) is 6.42. The molecule has 2 amide bonds. The molecular weight excluding hydrogens is 260 g/mol. The topological polar surface area (TPSA) is 98.7 Å². The van der Waals surface area contributed by atoms with Crippen molar-refractivity contribution in [3.8, 4) is 11.5 Å². The van der Waals surface area contributed by atoms with Gasteiger partial charge in [0.1, 0.15) is 0 Å². The summed E-state index contributed by atoms with van der Waals surface area (Å²) < 4.78 is 0. The number of phenolic OH excluding ortho intramolecular Hbond substituents is 2. The number of hydrogen-bond acceptors (Lipinski definition) is 4. The van der Waals surface area contributed by atoms with E-state index < -0.39 is 6.04 Å². The van der Waals surface area contributed by atoms with Gasteiger partial charge in [0.25, 0.3) is 0 Å². The van der Waals surface area contributed by atoms with Gasteiger partial charge >= 0.3 is 6.03 Å². The molecule has 0 saturated carbocycles. The molecule has 20 heavy (non-hydrogen) atoms. The number of carbonyl (C=O) groups excluding carboxylic acids is 2. The highest BCUT2D eigenvalue weighted by Gasteiger charge is 2.34. The van der Waals surface area contributed by atoms with Gasteiger partial charge in [0.05, 0.1) is 6.04 Å². The second kappa shape index (κ2) is 4.56. The highest BCUT2D eigenvalue weighted by molar-refractivity contribution is 6.01. The van der Waals surface area contributed by atoms with Crippen LogP contribution < -0.4 is 10.6 Å². The van der Waals surface area contributed by atoms with Crippen molar-refractivity contribution >= 4 is 11.8 Å². The molecule has 6 nitrogen and oxygen atoms in total. The number of urea groups is 1. The number of hydrogen-bond donors (Lipinski definition) is 4.